The Morgan fingerprint density at radius 2 is 0.679 bits per heavy atom. The second-order valence-electron chi connectivity index (χ2n) is 6.55. The second-order valence-corrected chi connectivity index (χ2v) is 10.3. The molecule has 0 aromatic heterocycles. The van der Waals surface area contributed by atoms with Crippen LogP contribution in [0.5, 0.6) is 0 Å². The molecule has 0 radical (unpaired) electrons. The minimum Gasteiger partial charge on any atom is -0.802 e. The molecule has 0 aromatic carbocycles. The topological polar surface area (TPSA) is 120 Å². The molecule has 3 unspecified atom stereocenters. The van der Waals surface area contributed by atoms with Crippen molar-refractivity contribution in [1.29, 1.82) is 0 Å². The van der Waals surface area contributed by atoms with Gasteiger partial charge < -0.3 is 28.4 Å². The SMILES string of the molecule is CCCCCC[PH](=O)[O-].CCCCCC[PH](=O)[O-].CCCCCC[PH](=O)[O-].[Co+3]. The summed E-state index contributed by atoms with van der Waals surface area (Å²) in [5.41, 5.74) is 0. The van der Waals surface area contributed by atoms with Gasteiger partial charge in [-0.25, -0.2) is 0 Å². The van der Waals surface area contributed by atoms with E-state index in [1.807, 2.05) is 0 Å². The van der Waals surface area contributed by atoms with Crippen molar-refractivity contribution >= 4 is 24.1 Å². The minimum absolute atomic E-state index is 0. The van der Waals surface area contributed by atoms with Crippen molar-refractivity contribution in [3.63, 3.8) is 0 Å². The average Bonchev–Trinajstić information content (AvgIpc) is 2.60. The summed E-state index contributed by atoms with van der Waals surface area (Å²) in [6.45, 7) is 6.33. The van der Waals surface area contributed by atoms with Crippen molar-refractivity contribution in [2.75, 3.05) is 18.5 Å². The van der Waals surface area contributed by atoms with Gasteiger partial charge in [-0.1, -0.05) is 78.6 Å². The van der Waals surface area contributed by atoms with E-state index >= 15 is 0 Å². The fourth-order valence-corrected chi connectivity index (χ4v) is 3.70. The molecule has 0 fully saturated rings. The largest absolute Gasteiger partial charge is 3.00 e. The molecule has 0 saturated carbocycles. The van der Waals surface area contributed by atoms with Gasteiger partial charge in [-0.3, -0.25) is 0 Å². The van der Waals surface area contributed by atoms with Crippen LogP contribution in [0, 0.1) is 0 Å². The van der Waals surface area contributed by atoms with Crippen LogP contribution in [-0.2, 0) is 30.5 Å². The quantitative estimate of drug-likeness (QED) is 0.243. The first-order valence-corrected chi connectivity index (χ1v) is 15.0. The molecule has 0 aromatic rings. The van der Waals surface area contributed by atoms with E-state index in [1.165, 1.54) is 19.3 Å². The van der Waals surface area contributed by atoms with Crippen molar-refractivity contribution < 1.29 is 45.2 Å². The molecule has 3 atom stereocenters. The first-order chi connectivity index (χ1) is 12.8. The molecule has 0 bridgehead atoms. The molecule has 0 aliphatic rings. The summed E-state index contributed by atoms with van der Waals surface area (Å²) >= 11 is 0. The molecule has 10 heteroatoms. The van der Waals surface area contributed by atoms with Crippen LogP contribution in [0.1, 0.15) is 97.8 Å². The Hall–Kier alpha value is 1.08. The zero-order chi connectivity index (χ0) is 21.3. The summed E-state index contributed by atoms with van der Waals surface area (Å²) in [7, 11) is -7.25. The third-order valence-corrected chi connectivity index (χ3v) is 5.99. The Balaban J connectivity index is -0.000000152. The van der Waals surface area contributed by atoms with Crippen LogP contribution in [0.3, 0.4) is 0 Å². The minimum atomic E-state index is -2.42. The maximum Gasteiger partial charge on any atom is 3.00 e. The average molecular weight is 506 g/mol. The Morgan fingerprint density at radius 3 is 0.821 bits per heavy atom. The summed E-state index contributed by atoms with van der Waals surface area (Å²) in [6, 6.07) is 0. The van der Waals surface area contributed by atoms with Gasteiger partial charge in [-0.05, 0) is 37.7 Å². The summed E-state index contributed by atoms with van der Waals surface area (Å²) < 4.78 is 30.1. The van der Waals surface area contributed by atoms with Crippen LogP contribution in [0.15, 0.2) is 0 Å². The molecule has 0 spiro atoms. The number of rotatable bonds is 15. The fraction of sp³-hybridized carbons (Fsp3) is 1.00. The second kappa shape index (κ2) is 32.7. The van der Waals surface area contributed by atoms with Crippen molar-refractivity contribution in [2.24, 2.45) is 0 Å². The van der Waals surface area contributed by atoms with Gasteiger partial charge in [0, 0.05) is 24.1 Å². The van der Waals surface area contributed by atoms with E-state index in [1.54, 1.807) is 0 Å². The molecule has 6 nitrogen and oxygen atoms in total. The molecular formula is C18H42CoO6P3. The van der Waals surface area contributed by atoms with E-state index in [4.69, 9.17) is 0 Å². The van der Waals surface area contributed by atoms with Crippen molar-refractivity contribution in [3.05, 3.63) is 0 Å². The van der Waals surface area contributed by atoms with Gasteiger partial charge in [-0.15, -0.1) is 0 Å². The van der Waals surface area contributed by atoms with Crippen LogP contribution in [-0.4, -0.2) is 18.5 Å². The zero-order valence-corrected chi connectivity index (χ0v) is 21.9. The molecule has 0 N–H and O–H groups in total. The molecule has 0 heterocycles. The predicted octanol–water partition coefficient (Wildman–Crippen LogP) is 4.20. The normalized spacial score (nSPS) is 13.1. The molecule has 0 aliphatic carbocycles. The van der Waals surface area contributed by atoms with Crippen molar-refractivity contribution in [1.82, 2.24) is 0 Å². The van der Waals surface area contributed by atoms with Crippen LogP contribution in [0.2, 0.25) is 0 Å². The molecular weight excluding hydrogens is 464 g/mol. The Labute approximate surface area is 185 Å². The van der Waals surface area contributed by atoms with Crippen LogP contribution in [0.4, 0.5) is 0 Å². The number of hydrogen-bond donors (Lipinski definition) is 0. The van der Waals surface area contributed by atoms with Gasteiger partial charge in [0.15, 0.2) is 0 Å². The van der Waals surface area contributed by atoms with Gasteiger partial charge in [0.1, 0.15) is 0 Å². The van der Waals surface area contributed by atoms with Gasteiger partial charge in [0.2, 0.25) is 0 Å². The van der Waals surface area contributed by atoms with Crippen molar-refractivity contribution in [3.8, 4) is 0 Å². The van der Waals surface area contributed by atoms with Crippen LogP contribution >= 0.6 is 24.1 Å². The monoisotopic (exact) mass is 506 g/mol. The van der Waals surface area contributed by atoms with Gasteiger partial charge in [0.05, 0.1) is 0 Å². The predicted molar refractivity (Wildman–Crippen MR) is 114 cm³/mol. The smallest absolute Gasteiger partial charge is 0.802 e. The van der Waals surface area contributed by atoms with E-state index < -0.39 is 24.1 Å². The first-order valence-electron chi connectivity index (χ1n) is 10.4. The van der Waals surface area contributed by atoms with Crippen molar-refractivity contribution in [2.45, 2.75) is 97.8 Å². The summed E-state index contributed by atoms with van der Waals surface area (Å²) in [5, 5.41) is 0. The first kappa shape index (κ1) is 36.4. The van der Waals surface area contributed by atoms with E-state index in [2.05, 4.69) is 20.8 Å². The summed E-state index contributed by atoms with van der Waals surface area (Å²) in [6.07, 6.45) is 14.0. The number of unbranched alkanes of at least 4 members (excludes halogenated alkanes) is 9. The summed E-state index contributed by atoms with van der Waals surface area (Å²) in [4.78, 5) is 30.1. The van der Waals surface area contributed by atoms with Crippen LogP contribution < -0.4 is 14.7 Å². The molecule has 0 rings (SSSR count). The van der Waals surface area contributed by atoms with E-state index in [-0.39, 0.29) is 16.8 Å². The molecule has 28 heavy (non-hydrogen) atoms. The molecule has 174 valence electrons. The Morgan fingerprint density at radius 1 is 0.464 bits per heavy atom. The third kappa shape index (κ3) is 50.6. The maximum absolute atomic E-state index is 10.0. The third-order valence-electron chi connectivity index (χ3n) is 3.70. The Bertz CT molecular complexity index is 308. The number of hydrogen-bond acceptors (Lipinski definition) is 6. The zero-order valence-electron chi connectivity index (χ0n) is 17.9. The van der Waals surface area contributed by atoms with Gasteiger partial charge in [0.25, 0.3) is 0 Å². The molecule has 0 saturated heterocycles. The maximum atomic E-state index is 10.0. The fourth-order valence-electron chi connectivity index (χ4n) is 2.09. The standard InChI is InChI=1S/3C6H15O2P.Co/c3*1-2-3-4-5-6-9(7)8;/h3*9H,2-6H2,1H3,(H,7,8);/q;;;+3/p-3. The molecule has 0 aliphatic heterocycles. The summed E-state index contributed by atoms with van der Waals surface area (Å²) in [5.74, 6) is 0. The van der Waals surface area contributed by atoms with E-state index in [9.17, 15) is 28.4 Å². The molecule has 0 amide bonds. The van der Waals surface area contributed by atoms with Crippen LogP contribution in [0.25, 0.3) is 0 Å². The van der Waals surface area contributed by atoms with Gasteiger partial charge >= 0.3 is 16.8 Å². The Kier molecular flexibility index (Phi) is 42.6. The van der Waals surface area contributed by atoms with E-state index in [0.717, 1.165) is 57.8 Å². The van der Waals surface area contributed by atoms with E-state index in [0.29, 0.717) is 18.5 Å². The van der Waals surface area contributed by atoms with Gasteiger partial charge in [-0.2, -0.15) is 0 Å².